The number of carboxylic acids is 1. The highest BCUT2D eigenvalue weighted by molar-refractivity contribution is 5.84. The first kappa shape index (κ1) is 14.7. The van der Waals surface area contributed by atoms with E-state index in [1.165, 1.54) is 10.9 Å². The van der Waals surface area contributed by atoms with Crippen LogP contribution in [0.5, 0.6) is 0 Å². The summed E-state index contributed by atoms with van der Waals surface area (Å²) in [5.41, 5.74) is -0.290. The second kappa shape index (κ2) is 6.64. The van der Waals surface area contributed by atoms with Gasteiger partial charge in [-0.05, 0) is 6.42 Å². The van der Waals surface area contributed by atoms with Crippen LogP contribution in [-0.2, 0) is 13.1 Å². The van der Waals surface area contributed by atoms with Crippen LogP contribution in [-0.4, -0.2) is 42.2 Å². The minimum atomic E-state index is -1.12. The highest BCUT2D eigenvalue weighted by Gasteiger charge is 2.08. The number of aryl methyl sites for hydroxylation is 1. The van der Waals surface area contributed by atoms with E-state index in [1.807, 2.05) is 6.92 Å². The van der Waals surface area contributed by atoms with Gasteiger partial charge in [-0.3, -0.25) is 4.79 Å². The van der Waals surface area contributed by atoms with Crippen molar-refractivity contribution in [3.63, 3.8) is 0 Å². The van der Waals surface area contributed by atoms with Gasteiger partial charge in [0.25, 0.3) is 5.56 Å². The van der Waals surface area contributed by atoms with Gasteiger partial charge in [-0.15, -0.1) is 5.10 Å². The van der Waals surface area contributed by atoms with Gasteiger partial charge in [0.05, 0.1) is 12.7 Å². The number of anilines is 1. The second-order valence-corrected chi connectivity index (χ2v) is 4.37. The van der Waals surface area contributed by atoms with Crippen LogP contribution < -0.4 is 10.9 Å². The Balaban J connectivity index is 1.95. The summed E-state index contributed by atoms with van der Waals surface area (Å²) in [5, 5.41) is 18.8. The van der Waals surface area contributed by atoms with Crippen molar-refractivity contribution < 1.29 is 9.90 Å². The first-order chi connectivity index (χ1) is 10.1. The molecule has 0 fully saturated rings. The van der Waals surface area contributed by atoms with E-state index >= 15 is 0 Å². The average molecular weight is 292 g/mol. The zero-order chi connectivity index (χ0) is 15.2. The fourth-order valence-corrected chi connectivity index (χ4v) is 1.78. The summed E-state index contributed by atoms with van der Waals surface area (Å²) in [4.78, 5) is 26.7. The van der Waals surface area contributed by atoms with Crippen molar-refractivity contribution >= 4 is 11.8 Å². The number of aromatic carboxylic acids is 1. The fourth-order valence-electron chi connectivity index (χ4n) is 1.78. The van der Waals surface area contributed by atoms with Crippen LogP contribution >= 0.6 is 0 Å². The molecule has 0 aliphatic rings. The maximum atomic E-state index is 12.0. The molecule has 0 aliphatic heterocycles. The largest absolute Gasteiger partial charge is 0.476 e. The predicted octanol–water partition coefficient (Wildman–Crippen LogP) is 0.0551. The molecule has 0 amide bonds. The summed E-state index contributed by atoms with van der Waals surface area (Å²) in [7, 11) is 0. The monoisotopic (exact) mass is 292 g/mol. The smallest absolute Gasteiger partial charge is 0.358 e. The molecule has 2 rings (SSSR count). The Labute approximate surface area is 120 Å². The van der Waals surface area contributed by atoms with Crippen LogP contribution in [0, 0.1) is 0 Å². The SMILES string of the molecule is CCCn1ccnc(NCCn2cc(C(=O)O)nn2)c1=O. The maximum absolute atomic E-state index is 12.0. The summed E-state index contributed by atoms with van der Waals surface area (Å²) in [6.45, 7) is 3.40. The van der Waals surface area contributed by atoms with Crippen LogP contribution in [0.4, 0.5) is 5.82 Å². The van der Waals surface area contributed by atoms with Gasteiger partial charge in [0, 0.05) is 25.5 Å². The van der Waals surface area contributed by atoms with Crippen LogP contribution in [0.15, 0.2) is 23.4 Å². The first-order valence-corrected chi connectivity index (χ1v) is 6.54. The molecule has 0 radical (unpaired) electrons. The van der Waals surface area contributed by atoms with E-state index in [9.17, 15) is 9.59 Å². The Bertz CT molecular complexity index is 678. The molecule has 2 aromatic rings. The molecule has 2 N–H and O–H groups in total. The zero-order valence-corrected chi connectivity index (χ0v) is 11.6. The van der Waals surface area contributed by atoms with Gasteiger partial charge in [0.15, 0.2) is 11.5 Å². The topological polar surface area (TPSA) is 115 Å². The number of carboxylic acid groups (broad SMARTS) is 1. The molecule has 0 unspecified atom stereocenters. The second-order valence-electron chi connectivity index (χ2n) is 4.37. The van der Waals surface area contributed by atoms with Crippen LogP contribution in [0.25, 0.3) is 0 Å². The van der Waals surface area contributed by atoms with E-state index < -0.39 is 5.97 Å². The maximum Gasteiger partial charge on any atom is 0.358 e. The summed E-state index contributed by atoms with van der Waals surface area (Å²) in [6, 6.07) is 0. The number of nitrogens with zero attached hydrogens (tertiary/aromatic N) is 5. The lowest BCUT2D eigenvalue weighted by molar-refractivity contribution is 0.0690. The lowest BCUT2D eigenvalue weighted by Crippen LogP contribution is -2.25. The molecular formula is C12H16N6O3. The molecule has 2 heterocycles. The number of carbonyl (C=O) groups is 1. The Morgan fingerprint density at radius 2 is 2.24 bits per heavy atom. The Hall–Kier alpha value is -2.71. The molecule has 9 nitrogen and oxygen atoms in total. The molecule has 0 bridgehead atoms. The van der Waals surface area contributed by atoms with Crippen LogP contribution in [0.1, 0.15) is 23.8 Å². The fraction of sp³-hybridized carbons (Fsp3) is 0.417. The molecule has 0 spiro atoms. The van der Waals surface area contributed by atoms with Gasteiger partial charge in [0.2, 0.25) is 0 Å². The number of hydrogen-bond acceptors (Lipinski definition) is 6. The number of nitrogens with one attached hydrogen (secondary N) is 1. The third kappa shape index (κ3) is 3.65. The highest BCUT2D eigenvalue weighted by atomic mass is 16.4. The van der Waals surface area contributed by atoms with Gasteiger partial charge in [-0.1, -0.05) is 12.1 Å². The Morgan fingerprint density at radius 1 is 1.43 bits per heavy atom. The molecule has 9 heteroatoms. The summed E-state index contributed by atoms with van der Waals surface area (Å²) in [6.07, 6.45) is 5.41. The molecular weight excluding hydrogens is 276 g/mol. The summed E-state index contributed by atoms with van der Waals surface area (Å²) in [5.74, 6) is -0.856. The first-order valence-electron chi connectivity index (χ1n) is 6.54. The van der Waals surface area contributed by atoms with Crippen molar-refractivity contribution in [2.75, 3.05) is 11.9 Å². The van der Waals surface area contributed by atoms with E-state index in [0.29, 0.717) is 19.6 Å². The van der Waals surface area contributed by atoms with Gasteiger partial charge >= 0.3 is 5.97 Å². The van der Waals surface area contributed by atoms with Gasteiger partial charge in [0.1, 0.15) is 0 Å². The van der Waals surface area contributed by atoms with Gasteiger partial charge in [-0.25, -0.2) is 14.5 Å². The molecule has 112 valence electrons. The van der Waals surface area contributed by atoms with Crippen LogP contribution in [0.2, 0.25) is 0 Å². The van der Waals surface area contributed by atoms with E-state index in [2.05, 4.69) is 20.6 Å². The minimum Gasteiger partial charge on any atom is -0.476 e. The Morgan fingerprint density at radius 3 is 2.90 bits per heavy atom. The molecule has 21 heavy (non-hydrogen) atoms. The van der Waals surface area contributed by atoms with E-state index in [0.717, 1.165) is 6.42 Å². The Kier molecular flexibility index (Phi) is 4.64. The van der Waals surface area contributed by atoms with E-state index in [-0.39, 0.29) is 17.1 Å². The molecule has 0 atom stereocenters. The van der Waals surface area contributed by atoms with Gasteiger partial charge < -0.3 is 15.0 Å². The van der Waals surface area contributed by atoms with Gasteiger partial charge in [-0.2, -0.15) is 0 Å². The average Bonchev–Trinajstić information content (AvgIpc) is 2.92. The zero-order valence-electron chi connectivity index (χ0n) is 11.6. The molecule has 0 aromatic carbocycles. The number of aromatic nitrogens is 5. The van der Waals surface area contributed by atoms with E-state index in [4.69, 9.17) is 5.11 Å². The normalized spacial score (nSPS) is 10.5. The molecule has 0 saturated heterocycles. The molecule has 0 aliphatic carbocycles. The highest BCUT2D eigenvalue weighted by Crippen LogP contribution is 1.96. The minimum absolute atomic E-state index is 0.113. The van der Waals surface area contributed by atoms with Crippen molar-refractivity contribution in [3.8, 4) is 0 Å². The van der Waals surface area contributed by atoms with E-state index in [1.54, 1.807) is 17.0 Å². The van der Waals surface area contributed by atoms with Crippen molar-refractivity contribution in [1.82, 2.24) is 24.5 Å². The van der Waals surface area contributed by atoms with Crippen LogP contribution in [0.3, 0.4) is 0 Å². The lowest BCUT2D eigenvalue weighted by atomic mass is 10.4. The quantitative estimate of drug-likeness (QED) is 0.741. The van der Waals surface area contributed by atoms with Crippen molar-refractivity contribution in [2.45, 2.75) is 26.4 Å². The number of rotatable bonds is 7. The predicted molar refractivity (Wildman–Crippen MR) is 74.3 cm³/mol. The third-order valence-corrected chi connectivity index (χ3v) is 2.77. The molecule has 2 aromatic heterocycles. The lowest BCUT2D eigenvalue weighted by Gasteiger charge is -2.07. The standard InChI is InChI=1S/C12H16N6O3/c1-2-5-17-6-3-13-10(11(17)19)14-4-7-18-8-9(12(20)21)15-16-18/h3,6,8H,2,4-5,7H2,1H3,(H,13,14)(H,20,21). The third-order valence-electron chi connectivity index (χ3n) is 2.77. The number of hydrogen-bond donors (Lipinski definition) is 2. The molecule has 0 saturated carbocycles. The van der Waals surface area contributed by atoms with Crippen molar-refractivity contribution in [1.29, 1.82) is 0 Å². The van der Waals surface area contributed by atoms with Crippen molar-refractivity contribution in [2.24, 2.45) is 0 Å². The van der Waals surface area contributed by atoms with Crippen molar-refractivity contribution in [3.05, 3.63) is 34.6 Å². The summed E-state index contributed by atoms with van der Waals surface area (Å²) >= 11 is 0. The summed E-state index contributed by atoms with van der Waals surface area (Å²) < 4.78 is 2.98.